The summed E-state index contributed by atoms with van der Waals surface area (Å²) in [5, 5.41) is 0.585. The number of nitrogen functional groups attached to an aromatic ring is 1. The highest BCUT2D eigenvalue weighted by atomic mass is 35.5. The normalized spacial score (nSPS) is 17.5. The number of halogens is 2. The number of nitrogens with zero attached hydrogens (tertiary/aromatic N) is 2. The van der Waals surface area contributed by atoms with Crippen molar-refractivity contribution in [2.24, 2.45) is 5.92 Å². The molecule has 1 fully saturated rings. The zero-order valence-corrected chi connectivity index (χ0v) is 18.0. The summed E-state index contributed by atoms with van der Waals surface area (Å²) in [5.74, 6) is 1.29. The predicted octanol–water partition coefficient (Wildman–Crippen LogP) is 5.12. The molecule has 0 spiro atoms. The first-order valence-electron chi connectivity index (χ1n) is 10.6. The van der Waals surface area contributed by atoms with Gasteiger partial charge in [-0.1, -0.05) is 30.3 Å². The van der Waals surface area contributed by atoms with Crippen molar-refractivity contribution < 1.29 is 9.13 Å². The molecule has 2 aromatic carbocycles. The van der Waals surface area contributed by atoms with Gasteiger partial charge >= 0.3 is 0 Å². The molecule has 30 heavy (non-hydrogen) atoms. The van der Waals surface area contributed by atoms with E-state index < -0.39 is 0 Å². The first-order valence-corrected chi connectivity index (χ1v) is 11.0. The van der Waals surface area contributed by atoms with Crippen LogP contribution >= 0.6 is 11.6 Å². The molecular weight excluding hydrogens is 401 g/mol. The quantitative estimate of drug-likeness (QED) is 0.647. The standard InChI is InChI=1S/C24H29ClFN3O/c1-17(29-12-13-30-23-15-20(25)14-22(27)24(23)29)16-28-10-8-19(9-11-28)3-2-18-4-6-21(26)7-5-18/h4-7,14-15,19H,1-3,8-13,16,27H2. The maximum atomic E-state index is 13.0. The Morgan fingerprint density at radius 1 is 1.17 bits per heavy atom. The number of piperidine rings is 1. The number of hydrogen-bond donors (Lipinski definition) is 1. The summed E-state index contributed by atoms with van der Waals surface area (Å²) in [5.41, 5.74) is 9.99. The lowest BCUT2D eigenvalue weighted by Gasteiger charge is -2.37. The highest BCUT2D eigenvalue weighted by molar-refractivity contribution is 6.31. The smallest absolute Gasteiger partial charge is 0.146 e. The number of fused-ring (bicyclic) bond motifs is 1. The lowest BCUT2D eigenvalue weighted by atomic mass is 9.90. The van der Waals surface area contributed by atoms with E-state index in [-0.39, 0.29) is 5.82 Å². The third-order valence-corrected chi connectivity index (χ3v) is 6.38. The average molecular weight is 430 g/mol. The number of aryl methyl sites for hydroxylation is 1. The predicted molar refractivity (Wildman–Crippen MR) is 122 cm³/mol. The summed E-state index contributed by atoms with van der Waals surface area (Å²) in [6.07, 6.45) is 4.55. The number of anilines is 2. The molecule has 0 saturated carbocycles. The number of hydrogen-bond acceptors (Lipinski definition) is 4. The molecule has 2 aliphatic heterocycles. The van der Waals surface area contributed by atoms with Crippen LogP contribution in [0.25, 0.3) is 0 Å². The fourth-order valence-corrected chi connectivity index (χ4v) is 4.68. The first kappa shape index (κ1) is 21.0. The molecule has 0 radical (unpaired) electrons. The van der Waals surface area contributed by atoms with Gasteiger partial charge in [0, 0.05) is 23.3 Å². The molecule has 2 N–H and O–H groups in total. The van der Waals surface area contributed by atoms with Gasteiger partial charge in [0.25, 0.3) is 0 Å². The maximum Gasteiger partial charge on any atom is 0.146 e. The van der Waals surface area contributed by atoms with Gasteiger partial charge in [-0.2, -0.15) is 0 Å². The van der Waals surface area contributed by atoms with Gasteiger partial charge in [-0.3, -0.25) is 4.90 Å². The van der Waals surface area contributed by atoms with Crippen molar-refractivity contribution in [3.8, 4) is 5.75 Å². The zero-order valence-electron chi connectivity index (χ0n) is 17.2. The topological polar surface area (TPSA) is 41.7 Å². The Labute approximate surface area is 183 Å². The summed E-state index contributed by atoms with van der Waals surface area (Å²) in [6.45, 7) is 8.65. The van der Waals surface area contributed by atoms with E-state index in [0.717, 1.165) is 62.1 Å². The lowest BCUT2D eigenvalue weighted by Crippen LogP contribution is -2.40. The van der Waals surface area contributed by atoms with Crippen LogP contribution in [0.4, 0.5) is 15.8 Å². The van der Waals surface area contributed by atoms with Crippen LogP contribution in [-0.4, -0.2) is 37.7 Å². The van der Waals surface area contributed by atoms with Gasteiger partial charge in [-0.15, -0.1) is 0 Å². The minimum Gasteiger partial charge on any atom is -0.489 e. The van der Waals surface area contributed by atoms with Crippen LogP contribution in [-0.2, 0) is 6.42 Å². The van der Waals surface area contributed by atoms with Gasteiger partial charge in [0.1, 0.15) is 23.9 Å². The summed E-state index contributed by atoms with van der Waals surface area (Å²) in [7, 11) is 0. The fraction of sp³-hybridized carbons (Fsp3) is 0.417. The van der Waals surface area contributed by atoms with E-state index in [1.54, 1.807) is 18.2 Å². The van der Waals surface area contributed by atoms with E-state index in [9.17, 15) is 4.39 Å². The maximum absolute atomic E-state index is 13.0. The molecule has 2 aromatic rings. The molecule has 4 nitrogen and oxygen atoms in total. The Balaban J connectivity index is 1.28. The molecule has 1 saturated heterocycles. The Morgan fingerprint density at radius 2 is 1.90 bits per heavy atom. The summed E-state index contributed by atoms with van der Waals surface area (Å²) >= 11 is 6.12. The zero-order chi connectivity index (χ0) is 21.1. The van der Waals surface area contributed by atoms with Crippen LogP contribution < -0.4 is 15.4 Å². The molecular formula is C24H29ClFN3O. The minimum atomic E-state index is -0.167. The van der Waals surface area contributed by atoms with E-state index >= 15 is 0 Å². The third kappa shape index (κ3) is 4.90. The first-order chi connectivity index (χ1) is 14.5. The average Bonchev–Trinajstić information content (AvgIpc) is 2.73. The molecule has 4 rings (SSSR count). The minimum absolute atomic E-state index is 0.167. The summed E-state index contributed by atoms with van der Waals surface area (Å²) in [6, 6.07) is 10.5. The van der Waals surface area contributed by atoms with Gasteiger partial charge in [-0.25, -0.2) is 4.39 Å². The highest BCUT2D eigenvalue weighted by Crippen LogP contribution is 2.41. The van der Waals surface area contributed by atoms with Crippen molar-refractivity contribution >= 4 is 23.0 Å². The van der Waals surface area contributed by atoms with Gasteiger partial charge in [0.2, 0.25) is 0 Å². The van der Waals surface area contributed by atoms with Gasteiger partial charge < -0.3 is 15.4 Å². The number of ether oxygens (including phenoxy) is 1. The Kier molecular flexibility index (Phi) is 6.49. The molecule has 0 atom stereocenters. The van der Waals surface area contributed by atoms with Gasteiger partial charge in [0.15, 0.2) is 0 Å². The second-order valence-corrected chi connectivity index (χ2v) is 8.73. The van der Waals surface area contributed by atoms with Crippen molar-refractivity contribution in [1.29, 1.82) is 0 Å². The van der Waals surface area contributed by atoms with Crippen LogP contribution in [0.3, 0.4) is 0 Å². The SMILES string of the molecule is C=C(CN1CCC(CCc2ccc(F)cc2)CC1)N1CCOc2cc(Cl)cc(N)c21. The molecule has 2 aliphatic rings. The monoisotopic (exact) mass is 429 g/mol. The molecule has 160 valence electrons. The van der Waals surface area contributed by atoms with Crippen molar-refractivity contribution in [3.05, 3.63) is 65.1 Å². The molecule has 0 bridgehead atoms. The van der Waals surface area contributed by atoms with Crippen LogP contribution in [0, 0.1) is 11.7 Å². The van der Waals surface area contributed by atoms with Crippen LogP contribution in [0.5, 0.6) is 5.75 Å². The largest absolute Gasteiger partial charge is 0.489 e. The highest BCUT2D eigenvalue weighted by Gasteiger charge is 2.26. The number of nitrogens with two attached hydrogens (primary N) is 1. The number of rotatable bonds is 6. The molecule has 0 unspecified atom stereocenters. The summed E-state index contributed by atoms with van der Waals surface area (Å²) < 4.78 is 18.8. The van der Waals surface area contributed by atoms with E-state index in [1.807, 2.05) is 18.2 Å². The van der Waals surface area contributed by atoms with Crippen molar-refractivity contribution in [1.82, 2.24) is 4.90 Å². The second kappa shape index (κ2) is 9.27. The molecule has 0 amide bonds. The van der Waals surface area contributed by atoms with Crippen LogP contribution in [0.1, 0.15) is 24.8 Å². The van der Waals surface area contributed by atoms with E-state index in [2.05, 4.69) is 16.4 Å². The molecule has 0 aliphatic carbocycles. The second-order valence-electron chi connectivity index (χ2n) is 8.29. The van der Waals surface area contributed by atoms with Crippen molar-refractivity contribution in [2.45, 2.75) is 25.7 Å². The third-order valence-electron chi connectivity index (χ3n) is 6.16. The van der Waals surface area contributed by atoms with Gasteiger partial charge in [0.05, 0.1) is 12.2 Å². The molecule has 2 heterocycles. The number of benzene rings is 2. The Bertz CT molecular complexity index is 894. The van der Waals surface area contributed by atoms with E-state index in [0.29, 0.717) is 17.3 Å². The Hall–Kier alpha value is -2.24. The van der Waals surface area contributed by atoms with Gasteiger partial charge in [-0.05, 0) is 68.5 Å². The molecule has 0 aromatic heterocycles. The van der Waals surface area contributed by atoms with Crippen molar-refractivity contribution in [2.75, 3.05) is 43.4 Å². The van der Waals surface area contributed by atoms with Crippen LogP contribution in [0.2, 0.25) is 5.02 Å². The van der Waals surface area contributed by atoms with E-state index in [4.69, 9.17) is 22.1 Å². The van der Waals surface area contributed by atoms with E-state index in [1.165, 1.54) is 18.4 Å². The summed E-state index contributed by atoms with van der Waals surface area (Å²) in [4.78, 5) is 4.64. The number of likely N-dealkylation sites (tertiary alicyclic amines) is 1. The fourth-order valence-electron chi connectivity index (χ4n) is 4.47. The molecule has 6 heteroatoms. The van der Waals surface area contributed by atoms with Crippen molar-refractivity contribution in [3.63, 3.8) is 0 Å². The van der Waals surface area contributed by atoms with Crippen LogP contribution in [0.15, 0.2) is 48.7 Å². The Morgan fingerprint density at radius 3 is 2.63 bits per heavy atom. The lowest BCUT2D eigenvalue weighted by molar-refractivity contribution is 0.190.